The summed E-state index contributed by atoms with van der Waals surface area (Å²) in [5.74, 6) is 1.13. The predicted molar refractivity (Wildman–Crippen MR) is 120 cm³/mol. The third-order valence-corrected chi connectivity index (χ3v) is 5.54. The second-order valence-corrected chi connectivity index (χ2v) is 7.35. The molecule has 3 rings (SSSR count). The Kier molecular flexibility index (Phi) is 6.83. The van der Waals surface area contributed by atoms with Gasteiger partial charge in [-0.2, -0.15) is 0 Å². The van der Waals surface area contributed by atoms with Gasteiger partial charge in [0.2, 0.25) is 0 Å². The molecule has 1 amide bonds. The molecule has 158 valence electrons. The fourth-order valence-corrected chi connectivity index (χ4v) is 4.06. The lowest BCUT2D eigenvalue weighted by Crippen LogP contribution is -2.14. The summed E-state index contributed by atoms with van der Waals surface area (Å²) in [7, 11) is 3.32. The van der Waals surface area contributed by atoms with E-state index in [2.05, 4.69) is 17.6 Å². The lowest BCUT2D eigenvalue weighted by atomic mass is 9.97. The molecule has 0 spiro atoms. The van der Waals surface area contributed by atoms with E-state index in [9.17, 15) is 4.79 Å². The van der Waals surface area contributed by atoms with Crippen molar-refractivity contribution in [1.82, 2.24) is 4.57 Å². The first-order valence-electron chi connectivity index (χ1n) is 10.3. The van der Waals surface area contributed by atoms with Crippen LogP contribution in [0.4, 0.5) is 0 Å². The van der Waals surface area contributed by atoms with Crippen molar-refractivity contribution in [2.75, 3.05) is 14.2 Å². The molecular weight excluding hydrogens is 376 g/mol. The van der Waals surface area contributed by atoms with E-state index in [0.717, 1.165) is 58.8 Å². The SMILES string of the molecule is CCCCc1c(-c2ccccc2OC)c(C(N)=O)c(C)n1Cc1ccccc1OC. The molecule has 0 aliphatic heterocycles. The van der Waals surface area contributed by atoms with E-state index >= 15 is 0 Å². The highest BCUT2D eigenvalue weighted by molar-refractivity contribution is 6.03. The molecule has 0 aliphatic carbocycles. The number of hydrogen-bond donors (Lipinski definition) is 1. The monoisotopic (exact) mass is 406 g/mol. The molecule has 5 heteroatoms. The van der Waals surface area contributed by atoms with Crippen molar-refractivity contribution in [2.45, 2.75) is 39.7 Å². The van der Waals surface area contributed by atoms with Gasteiger partial charge < -0.3 is 19.8 Å². The van der Waals surface area contributed by atoms with Crippen LogP contribution in [0.1, 0.15) is 47.1 Å². The summed E-state index contributed by atoms with van der Waals surface area (Å²) in [6.07, 6.45) is 2.90. The topological polar surface area (TPSA) is 66.5 Å². The number of aromatic nitrogens is 1. The number of primary amides is 1. The zero-order valence-corrected chi connectivity index (χ0v) is 18.2. The van der Waals surface area contributed by atoms with Crippen LogP contribution in [-0.2, 0) is 13.0 Å². The number of carbonyl (C=O) groups is 1. The summed E-state index contributed by atoms with van der Waals surface area (Å²) in [6.45, 7) is 4.73. The molecule has 30 heavy (non-hydrogen) atoms. The van der Waals surface area contributed by atoms with Crippen molar-refractivity contribution in [3.05, 3.63) is 71.0 Å². The third-order valence-electron chi connectivity index (χ3n) is 5.54. The van der Waals surface area contributed by atoms with E-state index in [-0.39, 0.29) is 0 Å². The molecule has 2 aromatic carbocycles. The molecule has 0 radical (unpaired) electrons. The first-order chi connectivity index (χ1) is 14.5. The average Bonchev–Trinajstić information content (AvgIpc) is 3.04. The molecular formula is C25H30N2O3. The molecule has 0 fully saturated rings. The van der Waals surface area contributed by atoms with E-state index in [1.807, 2.05) is 49.4 Å². The van der Waals surface area contributed by atoms with Crippen LogP contribution in [0.25, 0.3) is 11.1 Å². The summed E-state index contributed by atoms with van der Waals surface area (Å²) < 4.78 is 13.4. The Labute approximate surface area is 178 Å². The molecule has 0 atom stereocenters. The smallest absolute Gasteiger partial charge is 0.251 e. The molecule has 0 bridgehead atoms. The van der Waals surface area contributed by atoms with E-state index in [4.69, 9.17) is 15.2 Å². The van der Waals surface area contributed by atoms with Crippen molar-refractivity contribution in [2.24, 2.45) is 5.73 Å². The molecule has 1 heterocycles. The van der Waals surface area contributed by atoms with Gasteiger partial charge in [-0.3, -0.25) is 4.79 Å². The fourth-order valence-electron chi connectivity index (χ4n) is 4.06. The summed E-state index contributed by atoms with van der Waals surface area (Å²) in [5, 5.41) is 0. The highest BCUT2D eigenvalue weighted by Crippen LogP contribution is 2.39. The van der Waals surface area contributed by atoms with Crippen LogP contribution < -0.4 is 15.2 Å². The Morgan fingerprint density at radius 3 is 2.27 bits per heavy atom. The van der Waals surface area contributed by atoms with E-state index in [1.54, 1.807) is 14.2 Å². The van der Waals surface area contributed by atoms with E-state index < -0.39 is 5.91 Å². The number of ether oxygens (including phenoxy) is 2. The summed E-state index contributed by atoms with van der Waals surface area (Å²) in [4.78, 5) is 12.6. The highest BCUT2D eigenvalue weighted by Gasteiger charge is 2.26. The molecule has 0 unspecified atom stereocenters. The number of nitrogens with two attached hydrogens (primary N) is 1. The number of para-hydroxylation sites is 2. The zero-order chi connectivity index (χ0) is 21.7. The van der Waals surface area contributed by atoms with Crippen molar-refractivity contribution in [1.29, 1.82) is 0 Å². The van der Waals surface area contributed by atoms with Crippen molar-refractivity contribution in [3.8, 4) is 22.6 Å². The minimum atomic E-state index is -0.426. The van der Waals surface area contributed by atoms with Crippen molar-refractivity contribution >= 4 is 5.91 Å². The summed E-state index contributed by atoms with van der Waals surface area (Å²) in [6, 6.07) is 15.7. The minimum Gasteiger partial charge on any atom is -0.496 e. The number of unbranched alkanes of at least 4 members (excludes halogenated alkanes) is 1. The molecule has 1 aromatic heterocycles. The Hall–Kier alpha value is -3.21. The number of carbonyl (C=O) groups excluding carboxylic acids is 1. The van der Waals surface area contributed by atoms with Crippen LogP contribution in [-0.4, -0.2) is 24.7 Å². The van der Waals surface area contributed by atoms with Crippen LogP contribution in [0.5, 0.6) is 11.5 Å². The van der Waals surface area contributed by atoms with E-state index in [0.29, 0.717) is 12.1 Å². The van der Waals surface area contributed by atoms with Gasteiger partial charge in [-0.15, -0.1) is 0 Å². The van der Waals surface area contributed by atoms with Gasteiger partial charge in [0, 0.05) is 28.1 Å². The van der Waals surface area contributed by atoms with Gasteiger partial charge in [-0.25, -0.2) is 0 Å². The zero-order valence-electron chi connectivity index (χ0n) is 18.2. The average molecular weight is 407 g/mol. The lowest BCUT2D eigenvalue weighted by molar-refractivity contribution is 0.1000. The minimum absolute atomic E-state index is 0.426. The normalized spacial score (nSPS) is 10.8. The van der Waals surface area contributed by atoms with Gasteiger partial charge in [0.05, 0.1) is 26.3 Å². The largest absolute Gasteiger partial charge is 0.496 e. The Balaban J connectivity index is 2.28. The van der Waals surface area contributed by atoms with Gasteiger partial charge in [0.1, 0.15) is 11.5 Å². The van der Waals surface area contributed by atoms with Crippen LogP contribution in [0.3, 0.4) is 0 Å². The molecule has 0 saturated carbocycles. The van der Waals surface area contributed by atoms with Gasteiger partial charge in [0.25, 0.3) is 5.91 Å². The number of nitrogens with zero attached hydrogens (tertiary/aromatic N) is 1. The van der Waals surface area contributed by atoms with Crippen LogP contribution >= 0.6 is 0 Å². The highest BCUT2D eigenvalue weighted by atomic mass is 16.5. The van der Waals surface area contributed by atoms with Crippen LogP contribution in [0.2, 0.25) is 0 Å². The second kappa shape index (κ2) is 9.53. The van der Waals surface area contributed by atoms with Gasteiger partial charge in [0.15, 0.2) is 0 Å². The maximum Gasteiger partial charge on any atom is 0.251 e. The van der Waals surface area contributed by atoms with Crippen LogP contribution in [0, 0.1) is 6.92 Å². The summed E-state index contributed by atoms with van der Waals surface area (Å²) in [5.41, 5.74) is 11.2. The Morgan fingerprint density at radius 1 is 1.00 bits per heavy atom. The molecule has 0 aliphatic rings. The predicted octanol–water partition coefficient (Wildman–Crippen LogP) is 4.97. The maximum absolute atomic E-state index is 12.6. The molecule has 2 N–H and O–H groups in total. The fraction of sp³-hybridized carbons (Fsp3) is 0.320. The number of rotatable bonds is 9. The second-order valence-electron chi connectivity index (χ2n) is 7.35. The molecule has 3 aromatic rings. The maximum atomic E-state index is 12.6. The first kappa shape index (κ1) is 21.5. The third kappa shape index (κ3) is 4.06. The van der Waals surface area contributed by atoms with Crippen LogP contribution in [0.15, 0.2) is 48.5 Å². The van der Waals surface area contributed by atoms with Gasteiger partial charge in [-0.1, -0.05) is 49.7 Å². The Bertz CT molecular complexity index is 1040. The number of methoxy groups -OCH3 is 2. The summed E-state index contributed by atoms with van der Waals surface area (Å²) >= 11 is 0. The first-order valence-corrected chi connectivity index (χ1v) is 10.3. The van der Waals surface area contributed by atoms with Crippen molar-refractivity contribution < 1.29 is 14.3 Å². The molecule has 5 nitrogen and oxygen atoms in total. The van der Waals surface area contributed by atoms with Crippen molar-refractivity contribution in [3.63, 3.8) is 0 Å². The van der Waals surface area contributed by atoms with Gasteiger partial charge >= 0.3 is 0 Å². The lowest BCUT2D eigenvalue weighted by Gasteiger charge is -2.16. The van der Waals surface area contributed by atoms with E-state index in [1.165, 1.54) is 0 Å². The number of benzene rings is 2. The number of hydrogen-bond acceptors (Lipinski definition) is 3. The number of amides is 1. The molecule has 0 saturated heterocycles. The standard InChI is InChI=1S/C25H30N2O3/c1-5-6-13-20-24(19-12-8-10-15-22(19)30-4)23(25(26)28)17(2)27(20)16-18-11-7-9-14-21(18)29-3/h7-12,14-15H,5-6,13,16H2,1-4H3,(H2,26,28). The van der Waals surface area contributed by atoms with Gasteiger partial charge in [-0.05, 0) is 31.9 Å². The quantitative estimate of drug-likeness (QED) is 0.545. The Morgan fingerprint density at radius 2 is 1.63 bits per heavy atom.